The van der Waals surface area contributed by atoms with Gasteiger partial charge in [-0.2, -0.15) is 0 Å². The summed E-state index contributed by atoms with van der Waals surface area (Å²) >= 11 is 0. The van der Waals surface area contributed by atoms with Crippen molar-refractivity contribution in [3.8, 4) is 17.2 Å². The predicted octanol–water partition coefficient (Wildman–Crippen LogP) is 5.77. The number of amides is 2. The highest BCUT2D eigenvalue weighted by Crippen LogP contribution is 2.34. The van der Waals surface area contributed by atoms with Gasteiger partial charge in [0.1, 0.15) is 18.3 Å². The molecule has 0 saturated heterocycles. The molecule has 2 amide bonds. The van der Waals surface area contributed by atoms with Crippen molar-refractivity contribution in [2.45, 2.75) is 50.6 Å². The quantitative estimate of drug-likeness (QED) is 0.140. The number of ether oxygens (including phenoxy) is 3. The van der Waals surface area contributed by atoms with E-state index >= 15 is 0 Å². The number of hydrogen-bond donors (Lipinski definition) is 1. The molecule has 0 heterocycles. The summed E-state index contributed by atoms with van der Waals surface area (Å²) in [4.78, 5) is 30.1. The molecular formula is C38H45N3O7S. The lowest BCUT2D eigenvalue weighted by molar-refractivity contribution is -0.140. The minimum absolute atomic E-state index is 0.0122. The minimum Gasteiger partial charge on any atom is -0.497 e. The molecule has 0 fully saturated rings. The fourth-order valence-corrected chi connectivity index (χ4v) is 6.78. The molecule has 4 aromatic rings. The molecule has 11 heteroatoms. The van der Waals surface area contributed by atoms with Crippen LogP contribution in [0.3, 0.4) is 0 Å². The molecule has 0 aromatic heterocycles. The van der Waals surface area contributed by atoms with Gasteiger partial charge in [-0.05, 0) is 60.9 Å². The molecule has 49 heavy (non-hydrogen) atoms. The summed E-state index contributed by atoms with van der Waals surface area (Å²) in [6.45, 7) is 3.77. The maximum Gasteiger partial charge on any atom is 0.264 e. The third-order valence-electron chi connectivity index (χ3n) is 8.13. The number of anilines is 1. The Hall–Kier alpha value is -5.03. The maximum atomic E-state index is 14.7. The summed E-state index contributed by atoms with van der Waals surface area (Å²) in [5.41, 5.74) is 2.65. The normalized spacial score (nSPS) is 11.7. The van der Waals surface area contributed by atoms with Crippen molar-refractivity contribution < 1.29 is 32.2 Å². The SMILES string of the molecule is CCCCNC(=O)[C@H](Cc1ccccc1)N(Cc1cccc(OC)c1)C(=O)CN(c1ccc(OC)c(OC)c1)S(=O)(=O)c1ccc(C)cc1. The molecular weight excluding hydrogens is 642 g/mol. The molecule has 4 aromatic carbocycles. The summed E-state index contributed by atoms with van der Waals surface area (Å²) in [6, 6.07) is 26.8. The first-order valence-electron chi connectivity index (χ1n) is 16.2. The molecule has 1 N–H and O–H groups in total. The highest BCUT2D eigenvalue weighted by atomic mass is 32.2. The molecule has 4 rings (SSSR count). The number of aryl methyl sites for hydroxylation is 1. The summed E-state index contributed by atoms with van der Waals surface area (Å²) in [5.74, 6) is 0.386. The van der Waals surface area contributed by atoms with Crippen LogP contribution in [0.15, 0.2) is 102 Å². The van der Waals surface area contributed by atoms with Gasteiger partial charge < -0.3 is 24.4 Å². The highest BCUT2D eigenvalue weighted by molar-refractivity contribution is 7.92. The lowest BCUT2D eigenvalue weighted by Gasteiger charge is -2.34. The van der Waals surface area contributed by atoms with Crippen LogP contribution in [0.4, 0.5) is 5.69 Å². The van der Waals surface area contributed by atoms with Gasteiger partial charge in [-0.25, -0.2) is 8.42 Å². The van der Waals surface area contributed by atoms with Crippen LogP contribution in [0.1, 0.15) is 36.5 Å². The molecule has 0 radical (unpaired) electrons. The molecule has 0 saturated carbocycles. The first-order valence-corrected chi connectivity index (χ1v) is 17.6. The molecule has 0 aliphatic carbocycles. The number of benzene rings is 4. The lowest BCUT2D eigenvalue weighted by atomic mass is 10.0. The number of carbonyl (C=O) groups is 2. The van der Waals surface area contributed by atoms with Crippen molar-refractivity contribution in [2.24, 2.45) is 0 Å². The van der Waals surface area contributed by atoms with E-state index in [9.17, 15) is 18.0 Å². The molecule has 260 valence electrons. The highest BCUT2D eigenvalue weighted by Gasteiger charge is 2.35. The molecule has 0 aliphatic heterocycles. The third kappa shape index (κ3) is 9.54. The Morgan fingerprint density at radius 1 is 0.796 bits per heavy atom. The van der Waals surface area contributed by atoms with Crippen LogP contribution in [0.25, 0.3) is 0 Å². The molecule has 0 bridgehead atoms. The fourth-order valence-electron chi connectivity index (χ4n) is 5.37. The van der Waals surface area contributed by atoms with E-state index in [2.05, 4.69) is 5.32 Å². The Bertz CT molecular complexity index is 1800. The van der Waals surface area contributed by atoms with Gasteiger partial charge >= 0.3 is 0 Å². The Kier molecular flexibility index (Phi) is 13.1. The van der Waals surface area contributed by atoms with Crippen molar-refractivity contribution in [1.82, 2.24) is 10.2 Å². The Morgan fingerprint density at radius 3 is 2.14 bits per heavy atom. The van der Waals surface area contributed by atoms with Gasteiger partial charge in [0.05, 0.1) is 31.9 Å². The molecule has 0 aliphatic rings. The van der Waals surface area contributed by atoms with Crippen molar-refractivity contribution in [3.63, 3.8) is 0 Å². The van der Waals surface area contributed by atoms with Gasteiger partial charge in [-0.1, -0.05) is 73.5 Å². The zero-order valence-corrected chi connectivity index (χ0v) is 29.5. The van der Waals surface area contributed by atoms with E-state index in [0.717, 1.165) is 28.3 Å². The van der Waals surface area contributed by atoms with E-state index < -0.39 is 28.5 Å². The average molecular weight is 688 g/mol. The number of rotatable bonds is 17. The van der Waals surface area contributed by atoms with Crippen molar-refractivity contribution in [1.29, 1.82) is 0 Å². The van der Waals surface area contributed by atoms with Gasteiger partial charge in [0.15, 0.2) is 11.5 Å². The minimum atomic E-state index is -4.28. The zero-order chi connectivity index (χ0) is 35.4. The first-order chi connectivity index (χ1) is 23.6. The topological polar surface area (TPSA) is 114 Å². The van der Waals surface area contributed by atoms with Crippen LogP contribution in [-0.4, -0.2) is 65.6 Å². The van der Waals surface area contributed by atoms with Crippen molar-refractivity contribution >= 4 is 27.5 Å². The molecule has 0 unspecified atom stereocenters. The van der Waals surface area contributed by atoms with E-state index in [1.165, 1.54) is 37.3 Å². The van der Waals surface area contributed by atoms with Gasteiger partial charge in [-0.15, -0.1) is 0 Å². The first kappa shape index (κ1) is 36.8. The number of nitrogens with one attached hydrogen (secondary N) is 1. The number of sulfonamides is 1. The average Bonchev–Trinajstić information content (AvgIpc) is 3.12. The van der Waals surface area contributed by atoms with Crippen LogP contribution in [-0.2, 0) is 32.6 Å². The van der Waals surface area contributed by atoms with Crippen LogP contribution in [0.5, 0.6) is 17.2 Å². The zero-order valence-electron chi connectivity index (χ0n) is 28.7. The number of unbranched alkanes of at least 4 members (excludes halogenated alkanes) is 1. The van der Waals surface area contributed by atoms with E-state index in [-0.39, 0.29) is 29.5 Å². The van der Waals surface area contributed by atoms with E-state index in [1.807, 2.05) is 56.3 Å². The number of methoxy groups -OCH3 is 3. The van der Waals surface area contributed by atoms with Crippen molar-refractivity contribution in [3.05, 3.63) is 114 Å². The summed E-state index contributed by atoms with van der Waals surface area (Å²) in [7, 11) is 0.207. The van der Waals surface area contributed by atoms with E-state index in [1.54, 1.807) is 43.5 Å². The largest absolute Gasteiger partial charge is 0.497 e. The number of carbonyl (C=O) groups excluding carboxylic acids is 2. The third-order valence-corrected chi connectivity index (χ3v) is 9.92. The van der Waals surface area contributed by atoms with Gasteiger partial charge in [0.25, 0.3) is 10.0 Å². The Morgan fingerprint density at radius 2 is 1.49 bits per heavy atom. The monoisotopic (exact) mass is 687 g/mol. The lowest BCUT2D eigenvalue weighted by Crippen LogP contribution is -2.53. The van der Waals surface area contributed by atoms with E-state index in [4.69, 9.17) is 14.2 Å². The van der Waals surface area contributed by atoms with Crippen molar-refractivity contribution in [2.75, 3.05) is 38.7 Å². The number of hydrogen-bond acceptors (Lipinski definition) is 7. The standard InChI is InChI=1S/C38H45N3O7S/c1-6-7-22-39-38(43)34(24-29-12-9-8-10-13-29)40(26-30-14-11-15-32(23-30)46-3)37(42)27-41(31-18-21-35(47-4)36(25-31)48-5)49(44,45)33-19-16-28(2)17-20-33/h8-21,23,25,34H,6-7,22,24,26-27H2,1-5H3,(H,39,43)/t34-/m0/s1. The second-order valence-corrected chi connectivity index (χ2v) is 13.4. The van der Waals surface area contributed by atoms with Gasteiger partial charge in [0.2, 0.25) is 11.8 Å². The maximum absolute atomic E-state index is 14.7. The van der Waals surface area contributed by atoms with Crippen LogP contribution in [0.2, 0.25) is 0 Å². The van der Waals surface area contributed by atoms with Crippen LogP contribution in [0, 0.1) is 6.92 Å². The van der Waals surface area contributed by atoms with Gasteiger partial charge in [0, 0.05) is 25.6 Å². The second-order valence-electron chi connectivity index (χ2n) is 11.6. The smallest absolute Gasteiger partial charge is 0.264 e. The molecule has 1 atom stereocenters. The summed E-state index contributed by atoms with van der Waals surface area (Å²) < 4.78 is 46.1. The summed E-state index contributed by atoms with van der Waals surface area (Å²) in [6.07, 6.45) is 1.87. The molecule has 0 spiro atoms. The summed E-state index contributed by atoms with van der Waals surface area (Å²) in [5, 5.41) is 3.00. The fraction of sp³-hybridized carbons (Fsp3) is 0.316. The molecule has 10 nitrogen and oxygen atoms in total. The van der Waals surface area contributed by atoms with Crippen LogP contribution >= 0.6 is 0 Å². The van der Waals surface area contributed by atoms with E-state index in [0.29, 0.717) is 29.4 Å². The second kappa shape index (κ2) is 17.4. The predicted molar refractivity (Wildman–Crippen MR) is 191 cm³/mol. The van der Waals surface area contributed by atoms with Gasteiger partial charge in [-0.3, -0.25) is 13.9 Å². The Labute approximate surface area is 289 Å². The van der Waals surface area contributed by atoms with Crippen LogP contribution < -0.4 is 23.8 Å². The Balaban J connectivity index is 1.84. The number of nitrogens with zero attached hydrogens (tertiary/aromatic N) is 2.